The molecule has 1 N–H and O–H groups in total. The number of aromatic nitrogens is 1. The number of nitrogens with zero attached hydrogens (tertiary/aromatic N) is 2. The number of carboxylic acids is 1. The zero-order chi connectivity index (χ0) is 15.0. The number of fused-ring (bicyclic) bond motifs is 1. The van der Waals surface area contributed by atoms with E-state index in [-0.39, 0.29) is 17.0 Å². The lowest BCUT2D eigenvalue weighted by Crippen LogP contribution is -2.10. The summed E-state index contributed by atoms with van der Waals surface area (Å²) >= 11 is 0. The summed E-state index contributed by atoms with van der Waals surface area (Å²) in [7, 11) is 1.36. The van der Waals surface area contributed by atoms with Crippen molar-refractivity contribution in [3.05, 3.63) is 34.9 Å². The van der Waals surface area contributed by atoms with E-state index in [1.165, 1.54) is 31.9 Å². The summed E-state index contributed by atoms with van der Waals surface area (Å²) in [4.78, 5) is 15.6. The van der Waals surface area contributed by atoms with Crippen LogP contribution in [0.2, 0.25) is 0 Å². The van der Waals surface area contributed by atoms with Crippen LogP contribution in [0.25, 0.3) is 10.9 Å². The fourth-order valence-corrected chi connectivity index (χ4v) is 2.72. The average Bonchev–Trinajstić information content (AvgIpc) is 2.42. The SMILES string of the molecule is COc1nc2cc(C3CCC3)ccc2c(C#N)c1C(=O)O. The molecule has 0 spiro atoms. The van der Waals surface area contributed by atoms with E-state index in [2.05, 4.69) is 4.98 Å². The Morgan fingerprint density at radius 2 is 2.24 bits per heavy atom. The van der Waals surface area contributed by atoms with Crippen molar-refractivity contribution in [3.63, 3.8) is 0 Å². The molecule has 1 saturated carbocycles. The van der Waals surface area contributed by atoms with Gasteiger partial charge in [0.15, 0.2) is 0 Å². The molecule has 3 rings (SSSR count). The molecule has 5 heteroatoms. The third-order valence-corrected chi connectivity index (χ3v) is 4.07. The van der Waals surface area contributed by atoms with Crippen LogP contribution in [0, 0.1) is 11.3 Å². The van der Waals surface area contributed by atoms with Crippen LogP contribution in [0.4, 0.5) is 0 Å². The van der Waals surface area contributed by atoms with Gasteiger partial charge in [0.25, 0.3) is 0 Å². The number of carbonyl (C=O) groups is 1. The van der Waals surface area contributed by atoms with Crippen LogP contribution in [0.3, 0.4) is 0 Å². The second-order valence-electron chi connectivity index (χ2n) is 5.19. The van der Waals surface area contributed by atoms with Crippen molar-refractivity contribution in [2.45, 2.75) is 25.2 Å². The van der Waals surface area contributed by atoms with E-state index >= 15 is 0 Å². The number of hydrogen-bond acceptors (Lipinski definition) is 4. The zero-order valence-electron chi connectivity index (χ0n) is 11.6. The van der Waals surface area contributed by atoms with E-state index in [1.54, 1.807) is 6.07 Å². The summed E-state index contributed by atoms with van der Waals surface area (Å²) in [5.41, 5.74) is 1.72. The second-order valence-corrected chi connectivity index (χ2v) is 5.19. The van der Waals surface area contributed by atoms with Crippen molar-refractivity contribution >= 4 is 16.9 Å². The van der Waals surface area contributed by atoms with Gasteiger partial charge in [0, 0.05) is 5.39 Å². The maximum absolute atomic E-state index is 11.4. The van der Waals surface area contributed by atoms with E-state index in [0.29, 0.717) is 16.8 Å². The highest BCUT2D eigenvalue weighted by Gasteiger charge is 2.24. The lowest BCUT2D eigenvalue weighted by molar-refractivity contribution is 0.0692. The van der Waals surface area contributed by atoms with E-state index in [0.717, 1.165) is 0 Å². The normalized spacial score (nSPS) is 14.5. The highest BCUT2D eigenvalue weighted by molar-refractivity contribution is 6.00. The van der Waals surface area contributed by atoms with Crippen LogP contribution >= 0.6 is 0 Å². The highest BCUT2D eigenvalue weighted by Crippen LogP contribution is 2.38. The predicted molar refractivity (Wildman–Crippen MR) is 76.6 cm³/mol. The van der Waals surface area contributed by atoms with E-state index in [9.17, 15) is 15.2 Å². The number of nitriles is 1. The first-order valence-corrected chi connectivity index (χ1v) is 6.80. The number of benzene rings is 1. The predicted octanol–water partition coefficient (Wildman–Crippen LogP) is 3.08. The molecule has 0 radical (unpaired) electrons. The third kappa shape index (κ3) is 2.09. The molecule has 1 heterocycles. The van der Waals surface area contributed by atoms with Gasteiger partial charge in [-0.1, -0.05) is 18.6 Å². The fraction of sp³-hybridized carbons (Fsp3) is 0.312. The summed E-state index contributed by atoms with van der Waals surface area (Å²) in [6.45, 7) is 0. The highest BCUT2D eigenvalue weighted by atomic mass is 16.5. The summed E-state index contributed by atoms with van der Waals surface area (Å²) in [5, 5.41) is 19.2. The molecule has 106 valence electrons. The Morgan fingerprint density at radius 1 is 1.48 bits per heavy atom. The van der Waals surface area contributed by atoms with Gasteiger partial charge >= 0.3 is 5.97 Å². The Bertz CT molecular complexity index is 773. The number of rotatable bonds is 3. The maximum Gasteiger partial charge on any atom is 0.342 e. The Hall–Kier alpha value is -2.61. The molecule has 5 nitrogen and oxygen atoms in total. The minimum atomic E-state index is -1.21. The van der Waals surface area contributed by atoms with Crippen LogP contribution in [0.1, 0.15) is 46.7 Å². The standard InChI is InChI=1S/C16H14N2O3/c1-21-15-14(16(19)20)12(8-17)11-6-5-10(7-13(11)18-15)9-3-2-4-9/h5-7,9H,2-4H2,1H3,(H,19,20). The number of aromatic carboxylic acids is 1. The zero-order valence-corrected chi connectivity index (χ0v) is 11.6. The van der Waals surface area contributed by atoms with Crippen LogP contribution in [0.5, 0.6) is 5.88 Å². The molecule has 0 saturated heterocycles. The van der Waals surface area contributed by atoms with Gasteiger partial charge in [-0.2, -0.15) is 5.26 Å². The van der Waals surface area contributed by atoms with Crippen molar-refractivity contribution in [1.82, 2.24) is 4.98 Å². The molecule has 1 aliphatic carbocycles. The summed E-state index contributed by atoms with van der Waals surface area (Å²) in [6, 6.07) is 7.67. The molecule has 1 aliphatic rings. The lowest BCUT2D eigenvalue weighted by atomic mass is 9.80. The Labute approximate surface area is 121 Å². The van der Waals surface area contributed by atoms with Crippen molar-refractivity contribution in [2.24, 2.45) is 0 Å². The molecule has 1 fully saturated rings. The number of hydrogen-bond donors (Lipinski definition) is 1. The first kappa shape index (κ1) is 13.4. The molecule has 0 amide bonds. The molecule has 0 bridgehead atoms. The smallest absolute Gasteiger partial charge is 0.342 e. The molecule has 0 unspecified atom stereocenters. The van der Waals surface area contributed by atoms with Gasteiger partial charge in [-0.05, 0) is 30.4 Å². The van der Waals surface area contributed by atoms with Crippen molar-refractivity contribution < 1.29 is 14.6 Å². The van der Waals surface area contributed by atoms with Gasteiger partial charge in [0.2, 0.25) is 5.88 Å². The van der Waals surface area contributed by atoms with Gasteiger partial charge in [-0.3, -0.25) is 0 Å². The first-order valence-electron chi connectivity index (χ1n) is 6.80. The number of methoxy groups -OCH3 is 1. The van der Waals surface area contributed by atoms with Gasteiger partial charge in [-0.25, -0.2) is 9.78 Å². The van der Waals surface area contributed by atoms with E-state index < -0.39 is 5.97 Å². The Kier molecular flexibility index (Phi) is 3.22. The third-order valence-electron chi connectivity index (χ3n) is 4.07. The molecule has 21 heavy (non-hydrogen) atoms. The van der Waals surface area contributed by atoms with Crippen molar-refractivity contribution in [2.75, 3.05) is 7.11 Å². The van der Waals surface area contributed by atoms with Crippen molar-refractivity contribution in [3.8, 4) is 11.9 Å². The monoisotopic (exact) mass is 282 g/mol. The fourth-order valence-electron chi connectivity index (χ4n) is 2.72. The van der Waals surface area contributed by atoms with Gasteiger partial charge in [0.05, 0.1) is 18.2 Å². The van der Waals surface area contributed by atoms with Crippen LogP contribution < -0.4 is 4.74 Å². The molecule has 2 aromatic rings. The van der Waals surface area contributed by atoms with Crippen LogP contribution in [-0.4, -0.2) is 23.2 Å². The van der Waals surface area contributed by atoms with Gasteiger partial charge < -0.3 is 9.84 Å². The summed E-state index contributed by atoms with van der Waals surface area (Å²) < 4.78 is 5.05. The minimum Gasteiger partial charge on any atom is -0.480 e. The van der Waals surface area contributed by atoms with Crippen molar-refractivity contribution in [1.29, 1.82) is 5.26 Å². The van der Waals surface area contributed by atoms with Crippen LogP contribution in [-0.2, 0) is 0 Å². The van der Waals surface area contributed by atoms with E-state index in [4.69, 9.17) is 4.74 Å². The quantitative estimate of drug-likeness (QED) is 0.935. The molecule has 0 aliphatic heterocycles. The maximum atomic E-state index is 11.4. The topological polar surface area (TPSA) is 83.2 Å². The lowest BCUT2D eigenvalue weighted by Gasteiger charge is -2.26. The number of pyridine rings is 1. The molecule has 0 atom stereocenters. The molecule has 1 aromatic carbocycles. The molecular weight excluding hydrogens is 268 g/mol. The number of carboxylic acid groups (broad SMARTS) is 1. The Balaban J connectivity index is 2.27. The summed E-state index contributed by atoms with van der Waals surface area (Å²) in [5.74, 6) is -0.676. The van der Waals surface area contributed by atoms with Gasteiger partial charge in [-0.15, -0.1) is 0 Å². The van der Waals surface area contributed by atoms with Crippen LogP contribution in [0.15, 0.2) is 18.2 Å². The molecular formula is C16H14N2O3. The minimum absolute atomic E-state index is 0.0164. The molecule has 1 aromatic heterocycles. The second kappa shape index (κ2) is 5.06. The Morgan fingerprint density at radius 3 is 2.76 bits per heavy atom. The average molecular weight is 282 g/mol. The largest absolute Gasteiger partial charge is 0.480 e. The van der Waals surface area contributed by atoms with E-state index in [1.807, 2.05) is 18.2 Å². The first-order chi connectivity index (χ1) is 10.2. The number of ether oxygens (including phenoxy) is 1. The summed E-state index contributed by atoms with van der Waals surface area (Å²) in [6.07, 6.45) is 3.57. The van der Waals surface area contributed by atoms with Gasteiger partial charge in [0.1, 0.15) is 11.6 Å².